The lowest BCUT2D eigenvalue weighted by molar-refractivity contribution is 0.951. The summed E-state index contributed by atoms with van der Waals surface area (Å²) in [7, 11) is 0. The van der Waals surface area contributed by atoms with Gasteiger partial charge in [0, 0.05) is 5.92 Å². The minimum atomic E-state index is 0.504. The monoisotopic (exact) mass is 244 g/mol. The fraction of sp³-hybridized carbons (Fsp3) is 0.158. The van der Waals surface area contributed by atoms with Crippen molar-refractivity contribution in [2.75, 3.05) is 0 Å². The predicted molar refractivity (Wildman–Crippen MR) is 81.1 cm³/mol. The third kappa shape index (κ3) is 1.46. The Balaban J connectivity index is 1.97. The summed E-state index contributed by atoms with van der Waals surface area (Å²) in [5, 5.41) is 0. The Bertz CT molecular complexity index is 717. The maximum atomic E-state index is 2.33. The first kappa shape index (κ1) is 10.8. The third-order valence-corrected chi connectivity index (χ3v) is 4.37. The smallest absolute Gasteiger partial charge is 0.00793 e. The van der Waals surface area contributed by atoms with Crippen LogP contribution in [0.4, 0.5) is 0 Å². The van der Waals surface area contributed by atoms with E-state index in [0.717, 1.165) is 6.42 Å². The standard InChI is InChI=1S/C19H16/c1-13-15-9-4-5-10-17(15)18-12-6-11-16(19(13)18)14-7-2-3-8-14/h2-7,9-13H,8H2,1H3. The van der Waals surface area contributed by atoms with Crippen molar-refractivity contribution in [2.24, 2.45) is 0 Å². The van der Waals surface area contributed by atoms with Crippen LogP contribution in [0.1, 0.15) is 36.0 Å². The third-order valence-electron chi connectivity index (χ3n) is 4.37. The van der Waals surface area contributed by atoms with Crippen molar-refractivity contribution < 1.29 is 0 Å². The predicted octanol–water partition coefficient (Wildman–Crippen LogP) is 5.16. The molecule has 0 radical (unpaired) electrons. The molecule has 0 heterocycles. The van der Waals surface area contributed by atoms with Gasteiger partial charge in [0.2, 0.25) is 0 Å². The van der Waals surface area contributed by atoms with E-state index >= 15 is 0 Å². The van der Waals surface area contributed by atoms with Crippen molar-refractivity contribution in [2.45, 2.75) is 19.3 Å². The summed E-state index contributed by atoms with van der Waals surface area (Å²) in [6, 6.07) is 15.6. The zero-order valence-corrected chi connectivity index (χ0v) is 11.1. The molecule has 0 aromatic heterocycles. The van der Waals surface area contributed by atoms with Crippen molar-refractivity contribution >= 4 is 5.57 Å². The summed E-state index contributed by atoms with van der Waals surface area (Å²) < 4.78 is 0. The normalized spacial score (nSPS) is 19.2. The molecule has 0 saturated carbocycles. The van der Waals surface area contributed by atoms with E-state index in [1.807, 2.05) is 0 Å². The number of allylic oxidation sites excluding steroid dienone is 4. The van der Waals surface area contributed by atoms with Gasteiger partial charge < -0.3 is 0 Å². The highest BCUT2D eigenvalue weighted by Gasteiger charge is 2.27. The van der Waals surface area contributed by atoms with Gasteiger partial charge in [0.05, 0.1) is 0 Å². The van der Waals surface area contributed by atoms with Crippen molar-refractivity contribution in [1.82, 2.24) is 0 Å². The lowest BCUT2D eigenvalue weighted by Crippen LogP contribution is -1.95. The van der Waals surface area contributed by atoms with Gasteiger partial charge in [0.15, 0.2) is 0 Å². The van der Waals surface area contributed by atoms with E-state index in [2.05, 4.69) is 67.6 Å². The van der Waals surface area contributed by atoms with E-state index in [-0.39, 0.29) is 0 Å². The highest BCUT2D eigenvalue weighted by atomic mass is 14.3. The molecule has 0 aliphatic heterocycles. The molecule has 19 heavy (non-hydrogen) atoms. The Hall–Kier alpha value is -2.08. The minimum Gasteiger partial charge on any atom is -0.0801 e. The molecule has 0 amide bonds. The van der Waals surface area contributed by atoms with Gasteiger partial charge in [-0.25, -0.2) is 0 Å². The summed E-state index contributed by atoms with van der Waals surface area (Å²) in [5.41, 5.74) is 8.71. The van der Waals surface area contributed by atoms with Gasteiger partial charge in [0.25, 0.3) is 0 Å². The van der Waals surface area contributed by atoms with Crippen LogP contribution >= 0.6 is 0 Å². The summed E-state index contributed by atoms with van der Waals surface area (Å²) in [6.07, 6.45) is 7.73. The van der Waals surface area contributed by atoms with Gasteiger partial charge in [0.1, 0.15) is 0 Å². The zero-order valence-electron chi connectivity index (χ0n) is 11.1. The zero-order chi connectivity index (χ0) is 12.8. The van der Waals surface area contributed by atoms with Crippen LogP contribution in [-0.4, -0.2) is 0 Å². The Labute approximate surface area is 114 Å². The van der Waals surface area contributed by atoms with Crippen LogP contribution in [-0.2, 0) is 0 Å². The Morgan fingerprint density at radius 3 is 2.53 bits per heavy atom. The second kappa shape index (κ2) is 3.96. The summed E-state index contributed by atoms with van der Waals surface area (Å²) >= 11 is 0. The summed E-state index contributed by atoms with van der Waals surface area (Å²) in [6.45, 7) is 2.33. The highest BCUT2D eigenvalue weighted by molar-refractivity contribution is 5.86. The fourth-order valence-corrected chi connectivity index (χ4v) is 3.47. The van der Waals surface area contributed by atoms with Crippen molar-refractivity contribution in [3.8, 4) is 11.1 Å². The highest BCUT2D eigenvalue weighted by Crippen LogP contribution is 2.47. The molecule has 0 N–H and O–H groups in total. The number of rotatable bonds is 1. The second-order valence-corrected chi connectivity index (χ2v) is 5.40. The molecular formula is C19H16. The largest absolute Gasteiger partial charge is 0.0801 e. The molecule has 0 fully saturated rings. The quantitative estimate of drug-likeness (QED) is 0.649. The molecule has 2 aliphatic rings. The van der Waals surface area contributed by atoms with Crippen molar-refractivity contribution in [3.63, 3.8) is 0 Å². The molecule has 0 spiro atoms. The van der Waals surface area contributed by atoms with Gasteiger partial charge in [-0.15, -0.1) is 0 Å². The number of hydrogen-bond donors (Lipinski definition) is 0. The molecule has 92 valence electrons. The lowest BCUT2D eigenvalue weighted by Gasteiger charge is -2.13. The van der Waals surface area contributed by atoms with Crippen LogP contribution < -0.4 is 0 Å². The lowest BCUT2D eigenvalue weighted by atomic mass is 9.90. The van der Waals surface area contributed by atoms with Crippen LogP contribution in [0.15, 0.2) is 60.7 Å². The number of fused-ring (bicyclic) bond motifs is 3. The molecular weight excluding hydrogens is 228 g/mol. The number of benzene rings is 2. The Morgan fingerprint density at radius 2 is 1.68 bits per heavy atom. The number of hydrogen-bond acceptors (Lipinski definition) is 0. The van der Waals surface area contributed by atoms with E-state index in [1.165, 1.54) is 33.4 Å². The first-order valence-corrected chi connectivity index (χ1v) is 6.94. The van der Waals surface area contributed by atoms with Crippen molar-refractivity contribution in [3.05, 3.63) is 77.4 Å². The van der Waals surface area contributed by atoms with Crippen LogP contribution in [0, 0.1) is 0 Å². The van der Waals surface area contributed by atoms with Gasteiger partial charge in [-0.05, 0) is 39.8 Å². The maximum Gasteiger partial charge on any atom is 0.00793 e. The van der Waals surface area contributed by atoms with E-state index < -0.39 is 0 Å². The molecule has 0 saturated heterocycles. The first-order valence-electron chi connectivity index (χ1n) is 6.94. The van der Waals surface area contributed by atoms with Crippen LogP contribution in [0.3, 0.4) is 0 Å². The van der Waals surface area contributed by atoms with Crippen LogP contribution in [0.2, 0.25) is 0 Å². The van der Waals surface area contributed by atoms with Crippen LogP contribution in [0.25, 0.3) is 16.7 Å². The fourth-order valence-electron chi connectivity index (χ4n) is 3.47. The molecule has 1 atom stereocenters. The SMILES string of the molecule is CC1c2ccccc2-c2cccc(C3=CC=CC3)c21. The molecule has 2 aromatic rings. The average molecular weight is 244 g/mol. The molecule has 0 bridgehead atoms. The van der Waals surface area contributed by atoms with E-state index in [4.69, 9.17) is 0 Å². The molecule has 0 nitrogen and oxygen atoms in total. The summed E-state index contributed by atoms with van der Waals surface area (Å²) in [4.78, 5) is 0. The Kier molecular flexibility index (Phi) is 2.25. The molecule has 0 heteroatoms. The van der Waals surface area contributed by atoms with E-state index in [1.54, 1.807) is 0 Å². The molecule has 1 unspecified atom stereocenters. The molecule has 2 aliphatic carbocycles. The van der Waals surface area contributed by atoms with E-state index in [9.17, 15) is 0 Å². The first-order chi connectivity index (χ1) is 9.36. The topological polar surface area (TPSA) is 0 Å². The Morgan fingerprint density at radius 1 is 0.895 bits per heavy atom. The van der Waals surface area contributed by atoms with Gasteiger partial charge in [-0.1, -0.05) is 67.6 Å². The van der Waals surface area contributed by atoms with Gasteiger partial charge >= 0.3 is 0 Å². The van der Waals surface area contributed by atoms with Gasteiger partial charge in [-0.2, -0.15) is 0 Å². The average Bonchev–Trinajstić information content (AvgIpc) is 3.08. The molecule has 2 aromatic carbocycles. The summed E-state index contributed by atoms with van der Waals surface area (Å²) in [5.74, 6) is 0.504. The maximum absolute atomic E-state index is 2.33. The van der Waals surface area contributed by atoms with Crippen molar-refractivity contribution in [1.29, 1.82) is 0 Å². The second-order valence-electron chi connectivity index (χ2n) is 5.40. The molecule has 4 rings (SSSR count). The van der Waals surface area contributed by atoms with Gasteiger partial charge in [-0.3, -0.25) is 0 Å². The minimum absolute atomic E-state index is 0.504. The van der Waals surface area contributed by atoms with Crippen LogP contribution in [0.5, 0.6) is 0 Å². The van der Waals surface area contributed by atoms with E-state index in [0.29, 0.717) is 5.92 Å².